The van der Waals surface area contributed by atoms with Crippen molar-refractivity contribution in [1.82, 2.24) is 5.32 Å². The highest BCUT2D eigenvalue weighted by molar-refractivity contribution is 6.30. The molecule has 17 heavy (non-hydrogen) atoms. The average molecular weight is 252 g/mol. The molecule has 2 N–H and O–H groups in total. The normalized spacial score (nSPS) is 11.4. The van der Waals surface area contributed by atoms with E-state index in [1.165, 1.54) is 0 Å². The lowest BCUT2D eigenvalue weighted by molar-refractivity contribution is -0.121. The second-order valence-electron chi connectivity index (χ2n) is 3.49. The Morgan fingerprint density at radius 2 is 2.35 bits per heavy atom. The van der Waals surface area contributed by atoms with E-state index in [2.05, 4.69) is 10.6 Å². The van der Waals surface area contributed by atoms with Gasteiger partial charge in [-0.3, -0.25) is 4.79 Å². The lowest BCUT2D eigenvalue weighted by atomic mass is 10.2. The summed E-state index contributed by atoms with van der Waals surface area (Å²) in [4.78, 5) is 11.3. The highest BCUT2D eigenvalue weighted by Gasteiger charge is 2.12. The van der Waals surface area contributed by atoms with Gasteiger partial charge >= 0.3 is 0 Å². The summed E-state index contributed by atoms with van der Waals surface area (Å²) < 4.78 is 0. The third-order valence-electron chi connectivity index (χ3n) is 2.08. The maximum absolute atomic E-state index is 11.3. The van der Waals surface area contributed by atoms with Gasteiger partial charge in [-0.15, -0.1) is 0 Å². The van der Waals surface area contributed by atoms with Crippen LogP contribution in [-0.2, 0) is 4.79 Å². The molecule has 0 radical (unpaired) electrons. The van der Waals surface area contributed by atoms with Crippen LogP contribution in [0.25, 0.3) is 0 Å². The SMILES string of the molecule is CCNC(=O)CC(C#N)Nc1cccc(Cl)c1. The van der Waals surface area contributed by atoms with Crippen molar-refractivity contribution >= 4 is 23.2 Å². The monoisotopic (exact) mass is 251 g/mol. The second-order valence-corrected chi connectivity index (χ2v) is 3.93. The van der Waals surface area contributed by atoms with E-state index in [0.717, 1.165) is 5.69 Å². The number of rotatable bonds is 5. The molecule has 0 saturated heterocycles. The van der Waals surface area contributed by atoms with E-state index in [-0.39, 0.29) is 12.3 Å². The number of hydrogen-bond donors (Lipinski definition) is 2. The van der Waals surface area contributed by atoms with Crippen LogP contribution in [0, 0.1) is 11.3 Å². The third-order valence-corrected chi connectivity index (χ3v) is 2.32. The number of anilines is 1. The first kappa shape index (κ1) is 13.3. The third kappa shape index (κ3) is 4.75. The number of carbonyl (C=O) groups excluding carboxylic acids is 1. The lowest BCUT2D eigenvalue weighted by Crippen LogP contribution is -2.30. The van der Waals surface area contributed by atoms with Crippen LogP contribution in [0.4, 0.5) is 5.69 Å². The van der Waals surface area contributed by atoms with Gasteiger partial charge in [-0.05, 0) is 25.1 Å². The molecule has 0 aromatic heterocycles. The second kappa shape index (κ2) is 6.77. The van der Waals surface area contributed by atoms with E-state index in [0.29, 0.717) is 11.6 Å². The molecule has 1 rings (SSSR count). The van der Waals surface area contributed by atoms with Gasteiger partial charge in [-0.1, -0.05) is 17.7 Å². The van der Waals surface area contributed by atoms with Gasteiger partial charge in [-0.25, -0.2) is 0 Å². The first-order chi connectivity index (χ1) is 8.15. The first-order valence-electron chi connectivity index (χ1n) is 5.34. The molecule has 1 unspecified atom stereocenters. The van der Waals surface area contributed by atoms with Crippen LogP contribution in [0.5, 0.6) is 0 Å². The standard InChI is InChI=1S/C12H14ClN3O/c1-2-15-12(17)7-11(8-14)16-10-5-3-4-9(13)6-10/h3-6,11,16H,2,7H2,1H3,(H,15,17). The Labute approximate surface area is 106 Å². The minimum Gasteiger partial charge on any atom is -0.369 e. The molecule has 0 heterocycles. The zero-order chi connectivity index (χ0) is 12.7. The van der Waals surface area contributed by atoms with Gasteiger partial charge in [0.2, 0.25) is 5.91 Å². The fourth-order valence-electron chi connectivity index (χ4n) is 1.36. The van der Waals surface area contributed by atoms with Crippen LogP contribution in [0.3, 0.4) is 0 Å². The van der Waals surface area contributed by atoms with Crippen molar-refractivity contribution in [2.75, 3.05) is 11.9 Å². The largest absolute Gasteiger partial charge is 0.369 e. The van der Waals surface area contributed by atoms with E-state index < -0.39 is 6.04 Å². The summed E-state index contributed by atoms with van der Waals surface area (Å²) in [7, 11) is 0. The minimum atomic E-state index is -0.556. The molecular weight excluding hydrogens is 238 g/mol. The molecule has 90 valence electrons. The number of carbonyl (C=O) groups is 1. The molecule has 5 heteroatoms. The molecule has 0 aliphatic heterocycles. The van der Waals surface area contributed by atoms with Gasteiger partial charge in [0.25, 0.3) is 0 Å². The molecule has 0 fully saturated rings. The maximum atomic E-state index is 11.3. The van der Waals surface area contributed by atoms with Gasteiger partial charge in [0.15, 0.2) is 0 Å². The fraction of sp³-hybridized carbons (Fsp3) is 0.333. The number of amides is 1. The summed E-state index contributed by atoms with van der Waals surface area (Å²) in [6.07, 6.45) is 0.122. The van der Waals surface area contributed by atoms with Gasteiger partial charge in [0, 0.05) is 17.3 Å². The summed E-state index contributed by atoms with van der Waals surface area (Å²) in [5, 5.41) is 15.1. The molecule has 0 spiro atoms. The Morgan fingerprint density at radius 3 is 2.94 bits per heavy atom. The van der Waals surface area contributed by atoms with Crippen molar-refractivity contribution in [2.45, 2.75) is 19.4 Å². The highest BCUT2D eigenvalue weighted by atomic mass is 35.5. The fourth-order valence-corrected chi connectivity index (χ4v) is 1.55. The molecular formula is C12H14ClN3O. The van der Waals surface area contributed by atoms with E-state index >= 15 is 0 Å². The van der Waals surface area contributed by atoms with Gasteiger partial charge in [0.05, 0.1) is 12.5 Å². The smallest absolute Gasteiger partial charge is 0.223 e. The first-order valence-corrected chi connectivity index (χ1v) is 5.72. The summed E-state index contributed by atoms with van der Waals surface area (Å²) in [6, 6.07) is 8.53. The van der Waals surface area contributed by atoms with Crippen LogP contribution in [0.1, 0.15) is 13.3 Å². The number of nitriles is 1. The molecule has 0 aliphatic carbocycles. The van der Waals surface area contributed by atoms with Crippen LogP contribution >= 0.6 is 11.6 Å². The predicted octanol–water partition coefficient (Wildman–Crippen LogP) is 2.17. The Balaban J connectivity index is 2.59. The number of nitrogens with zero attached hydrogens (tertiary/aromatic N) is 1. The van der Waals surface area contributed by atoms with E-state index in [9.17, 15) is 4.79 Å². The van der Waals surface area contributed by atoms with Crippen molar-refractivity contribution in [2.24, 2.45) is 0 Å². The highest BCUT2D eigenvalue weighted by Crippen LogP contribution is 2.16. The lowest BCUT2D eigenvalue weighted by Gasteiger charge is -2.12. The summed E-state index contributed by atoms with van der Waals surface area (Å²) in [5.74, 6) is -0.145. The zero-order valence-corrected chi connectivity index (χ0v) is 10.3. The summed E-state index contributed by atoms with van der Waals surface area (Å²) in [6.45, 7) is 2.40. The van der Waals surface area contributed by atoms with Crippen molar-refractivity contribution < 1.29 is 4.79 Å². The van der Waals surface area contributed by atoms with Crippen molar-refractivity contribution in [1.29, 1.82) is 5.26 Å². The number of hydrogen-bond acceptors (Lipinski definition) is 3. The Bertz CT molecular complexity index is 428. The Hall–Kier alpha value is -1.73. The molecule has 1 aromatic rings. The summed E-state index contributed by atoms with van der Waals surface area (Å²) >= 11 is 5.82. The molecule has 4 nitrogen and oxygen atoms in total. The van der Waals surface area contributed by atoms with Crippen LogP contribution in [0.2, 0.25) is 5.02 Å². The van der Waals surface area contributed by atoms with Crippen molar-refractivity contribution in [3.63, 3.8) is 0 Å². The van der Waals surface area contributed by atoms with Crippen molar-refractivity contribution in [3.8, 4) is 6.07 Å². The molecule has 0 aliphatic rings. The minimum absolute atomic E-state index is 0.122. The van der Waals surface area contributed by atoms with Gasteiger partial charge in [0.1, 0.15) is 6.04 Å². The van der Waals surface area contributed by atoms with Gasteiger partial charge in [-0.2, -0.15) is 5.26 Å². The molecule has 1 aromatic carbocycles. The number of nitrogens with one attached hydrogen (secondary N) is 2. The Morgan fingerprint density at radius 1 is 1.59 bits per heavy atom. The summed E-state index contributed by atoms with van der Waals surface area (Å²) in [5.41, 5.74) is 0.730. The van der Waals surface area contributed by atoms with E-state index in [4.69, 9.17) is 16.9 Å². The maximum Gasteiger partial charge on any atom is 0.223 e. The topological polar surface area (TPSA) is 64.9 Å². The van der Waals surface area contributed by atoms with E-state index in [1.54, 1.807) is 24.3 Å². The predicted molar refractivity (Wildman–Crippen MR) is 67.8 cm³/mol. The average Bonchev–Trinajstić information content (AvgIpc) is 2.28. The Kier molecular flexibility index (Phi) is 5.31. The van der Waals surface area contributed by atoms with Crippen LogP contribution in [0.15, 0.2) is 24.3 Å². The van der Waals surface area contributed by atoms with Gasteiger partial charge < -0.3 is 10.6 Å². The zero-order valence-electron chi connectivity index (χ0n) is 9.53. The van der Waals surface area contributed by atoms with Crippen LogP contribution < -0.4 is 10.6 Å². The molecule has 1 atom stereocenters. The molecule has 1 amide bonds. The van der Waals surface area contributed by atoms with E-state index in [1.807, 2.05) is 13.0 Å². The molecule has 0 saturated carbocycles. The van der Waals surface area contributed by atoms with Crippen LogP contribution in [-0.4, -0.2) is 18.5 Å². The van der Waals surface area contributed by atoms with Crippen molar-refractivity contribution in [3.05, 3.63) is 29.3 Å². The molecule has 0 bridgehead atoms. The number of halogens is 1. The number of benzene rings is 1. The quantitative estimate of drug-likeness (QED) is 0.843.